The van der Waals surface area contributed by atoms with Gasteiger partial charge in [0.2, 0.25) is 10.0 Å². The lowest BCUT2D eigenvalue weighted by molar-refractivity contribution is 0.597. The Hall–Kier alpha value is -1.64. The number of halogens is 2. The number of nitrogen functional groups attached to an aromatic ring is 1. The number of nitrogens with two attached hydrogens (primary N) is 2. The third-order valence-electron chi connectivity index (χ3n) is 2.89. The molecule has 5 N–H and O–H groups in total. The van der Waals surface area contributed by atoms with Crippen LogP contribution < -0.4 is 16.2 Å². The predicted octanol–water partition coefficient (Wildman–Crippen LogP) is 2.87. The summed E-state index contributed by atoms with van der Waals surface area (Å²) in [5.74, 6) is -0.387. The van der Waals surface area contributed by atoms with Gasteiger partial charge in [-0.25, -0.2) is 17.9 Å². The van der Waals surface area contributed by atoms with E-state index in [0.29, 0.717) is 21.4 Å². The fourth-order valence-corrected chi connectivity index (χ4v) is 3.16. The number of benzene rings is 2. The van der Waals surface area contributed by atoms with E-state index < -0.39 is 10.0 Å². The van der Waals surface area contributed by atoms with Crippen molar-refractivity contribution in [3.8, 4) is 0 Å². The predicted molar refractivity (Wildman–Crippen MR) is 84.3 cm³/mol. The fraction of sp³-hybridized carbons (Fsp3) is 0.0769. The van der Waals surface area contributed by atoms with Crippen LogP contribution in [0.2, 0.25) is 0 Å². The van der Waals surface area contributed by atoms with E-state index in [1.165, 1.54) is 24.3 Å². The minimum atomic E-state index is -3.88. The van der Waals surface area contributed by atoms with Crippen LogP contribution in [0.5, 0.6) is 0 Å². The first-order valence-electron chi connectivity index (χ1n) is 5.83. The number of anilines is 3. The van der Waals surface area contributed by atoms with E-state index in [1.807, 2.05) is 0 Å². The highest BCUT2D eigenvalue weighted by Gasteiger charge is 2.16. The summed E-state index contributed by atoms with van der Waals surface area (Å²) in [6.07, 6.45) is 0. The van der Waals surface area contributed by atoms with Gasteiger partial charge in [-0.2, -0.15) is 0 Å². The Morgan fingerprint density at radius 2 is 1.86 bits per heavy atom. The van der Waals surface area contributed by atoms with Gasteiger partial charge in [-0.05, 0) is 58.7 Å². The summed E-state index contributed by atoms with van der Waals surface area (Å²) >= 11 is 3.23. The molecule has 0 aliphatic heterocycles. The maximum Gasteiger partial charge on any atom is 0.238 e. The van der Waals surface area contributed by atoms with E-state index >= 15 is 0 Å². The third-order valence-corrected chi connectivity index (χ3v) is 4.58. The molecule has 0 amide bonds. The van der Waals surface area contributed by atoms with Crippen molar-refractivity contribution in [2.75, 3.05) is 11.1 Å². The summed E-state index contributed by atoms with van der Waals surface area (Å²) in [5, 5.41) is 8.18. The Balaban J connectivity index is 2.52. The molecule has 0 unspecified atom stereocenters. The number of primary sulfonamides is 1. The van der Waals surface area contributed by atoms with Gasteiger partial charge in [0, 0.05) is 15.8 Å². The first kappa shape index (κ1) is 15.7. The highest BCUT2D eigenvalue weighted by molar-refractivity contribution is 9.10. The highest BCUT2D eigenvalue weighted by Crippen LogP contribution is 2.31. The molecule has 112 valence electrons. The molecule has 2 aromatic rings. The Morgan fingerprint density at radius 3 is 2.43 bits per heavy atom. The lowest BCUT2D eigenvalue weighted by atomic mass is 10.1. The summed E-state index contributed by atoms with van der Waals surface area (Å²) in [7, 11) is -3.88. The summed E-state index contributed by atoms with van der Waals surface area (Å²) in [4.78, 5) is -0.0526. The van der Waals surface area contributed by atoms with Crippen molar-refractivity contribution in [1.82, 2.24) is 0 Å². The zero-order chi connectivity index (χ0) is 15.8. The Labute approximate surface area is 130 Å². The lowest BCUT2D eigenvalue weighted by Gasteiger charge is -2.14. The molecule has 0 radical (unpaired) electrons. The van der Waals surface area contributed by atoms with Gasteiger partial charge in [0.05, 0.1) is 10.6 Å². The van der Waals surface area contributed by atoms with Crippen molar-refractivity contribution in [2.24, 2.45) is 5.14 Å². The molecular formula is C13H13BrFN3O2S. The van der Waals surface area contributed by atoms with Crippen LogP contribution in [0.25, 0.3) is 0 Å². The maximum absolute atomic E-state index is 13.1. The second-order valence-electron chi connectivity index (χ2n) is 4.49. The molecule has 0 saturated heterocycles. The van der Waals surface area contributed by atoms with Crippen molar-refractivity contribution in [1.29, 1.82) is 0 Å². The van der Waals surface area contributed by atoms with Crippen LogP contribution >= 0.6 is 15.9 Å². The fourth-order valence-electron chi connectivity index (χ4n) is 1.87. The molecule has 0 heterocycles. The van der Waals surface area contributed by atoms with Crippen molar-refractivity contribution in [3.63, 3.8) is 0 Å². The van der Waals surface area contributed by atoms with Crippen molar-refractivity contribution < 1.29 is 12.8 Å². The van der Waals surface area contributed by atoms with Crippen LogP contribution in [0.15, 0.2) is 39.7 Å². The zero-order valence-corrected chi connectivity index (χ0v) is 13.4. The van der Waals surface area contributed by atoms with Gasteiger partial charge in [0.15, 0.2) is 0 Å². The van der Waals surface area contributed by atoms with Gasteiger partial charge in [0.25, 0.3) is 0 Å². The zero-order valence-electron chi connectivity index (χ0n) is 11.0. The molecule has 0 saturated carbocycles. The molecule has 2 rings (SSSR count). The summed E-state index contributed by atoms with van der Waals surface area (Å²) in [5.41, 5.74) is 7.45. The second-order valence-corrected chi connectivity index (χ2v) is 6.87. The van der Waals surface area contributed by atoms with Crippen LogP contribution in [0.4, 0.5) is 21.5 Å². The molecule has 0 bridgehead atoms. The molecule has 0 aromatic heterocycles. The number of hydrogen-bond acceptors (Lipinski definition) is 4. The molecule has 2 aromatic carbocycles. The van der Waals surface area contributed by atoms with Gasteiger partial charge in [0.1, 0.15) is 5.82 Å². The molecule has 0 fully saturated rings. The van der Waals surface area contributed by atoms with Crippen molar-refractivity contribution >= 4 is 43.0 Å². The van der Waals surface area contributed by atoms with E-state index in [0.717, 1.165) is 0 Å². The number of sulfonamides is 1. The quantitative estimate of drug-likeness (QED) is 0.720. The van der Waals surface area contributed by atoms with Crippen LogP contribution in [0.1, 0.15) is 5.56 Å². The van der Waals surface area contributed by atoms with Gasteiger partial charge >= 0.3 is 0 Å². The summed E-state index contributed by atoms with van der Waals surface area (Å²) < 4.78 is 36.7. The average Bonchev–Trinajstić information content (AvgIpc) is 2.35. The molecule has 0 atom stereocenters. The lowest BCUT2D eigenvalue weighted by Crippen LogP contribution is -2.15. The normalized spacial score (nSPS) is 11.4. The molecule has 8 heteroatoms. The van der Waals surface area contributed by atoms with Gasteiger partial charge in [-0.15, -0.1) is 0 Å². The smallest absolute Gasteiger partial charge is 0.238 e. The van der Waals surface area contributed by atoms with Crippen LogP contribution in [-0.4, -0.2) is 8.42 Å². The summed E-state index contributed by atoms with van der Waals surface area (Å²) in [6.45, 7) is 1.61. The van der Waals surface area contributed by atoms with Crippen LogP contribution in [0.3, 0.4) is 0 Å². The van der Waals surface area contributed by atoms with E-state index in [-0.39, 0.29) is 16.4 Å². The largest absolute Gasteiger partial charge is 0.399 e. The highest BCUT2D eigenvalue weighted by atomic mass is 79.9. The molecule has 0 spiro atoms. The van der Waals surface area contributed by atoms with Gasteiger partial charge in [-0.1, -0.05) is 0 Å². The average molecular weight is 374 g/mol. The Kier molecular flexibility index (Phi) is 4.22. The van der Waals surface area contributed by atoms with Crippen molar-refractivity contribution in [3.05, 3.63) is 46.2 Å². The van der Waals surface area contributed by atoms with Crippen LogP contribution in [0, 0.1) is 12.7 Å². The molecule has 21 heavy (non-hydrogen) atoms. The Bertz CT molecular complexity index is 809. The van der Waals surface area contributed by atoms with Gasteiger partial charge < -0.3 is 11.1 Å². The third kappa shape index (κ3) is 3.52. The summed E-state index contributed by atoms with van der Waals surface area (Å²) in [6, 6.07) is 6.99. The monoisotopic (exact) mass is 373 g/mol. The van der Waals surface area contributed by atoms with Crippen molar-refractivity contribution in [2.45, 2.75) is 11.8 Å². The number of hydrogen-bond donors (Lipinski definition) is 3. The maximum atomic E-state index is 13.1. The first-order chi connectivity index (χ1) is 9.68. The number of rotatable bonds is 3. The minimum Gasteiger partial charge on any atom is -0.399 e. The van der Waals surface area contributed by atoms with E-state index in [9.17, 15) is 12.8 Å². The molecule has 0 aliphatic carbocycles. The van der Waals surface area contributed by atoms with Crippen LogP contribution in [-0.2, 0) is 10.0 Å². The van der Waals surface area contributed by atoms with Gasteiger partial charge in [-0.3, -0.25) is 0 Å². The topological polar surface area (TPSA) is 98.2 Å². The van der Waals surface area contributed by atoms with E-state index in [2.05, 4.69) is 21.2 Å². The van der Waals surface area contributed by atoms with E-state index in [4.69, 9.17) is 10.9 Å². The molecular weight excluding hydrogens is 361 g/mol. The second kappa shape index (κ2) is 5.63. The number of nitrogens with one attached hydrogen (secondary N) is 1. The standard InChI is InChI=1S/C13H13BrFN3O2S/c1-7-12(5-9(16)6-13(7)21(17,19)20)18-11-3-2-8(15)4-10(11)14/h2-6,18H,16H2,1H3,(H2,17,19,20). The Morgan fingerprint density at radius 1 is 1.19 bits per heavy atom. The minimum absolute atomic E-state index is 0.0526. The molecule has 5 nitrogen and oxygen atoms in total. The van der Waals surface area contributed by atoms with E-state index in [1.54, 1.807) is 13.0 Å². The SMILES string of the molecule is Cc1c(Nc2ccc(F)cc2Br)cc(N)cc1S(N)(=O)=O. The first-order valence-corrected chi connectivity index (χ1v) is 8.17. The molecule has 0 aliphatic rings.